The zero-order chi connectivity index (χ0) is 17.3. The number of ether oxygens (including phenoxy) is 2. The molecule has 0 aliphatic carbocycles. The van der Waals surface area contributed by atoms with Crippen LogP contribution < -0.4 is 9.47 Å². The monoisotopic (exact) mass is 326 g/mol. The van der Waals surface area contributed by atoms with Crippen LogP contribution in [0.15, 0.2) is 30.3 Å². The molecule has 0 saturated heterocycles. The van der Waals surface area contributed by atoms with Gasteiger partial charge >= 0.3 is 0 Å². The average molecular weight is 326 g/mol. The number of hydrogen-bond donors (Lipinski definition) is 1. The minimum Gasteiger partial charge on any atom is -0.488 e. The van der Waals surface area contributed by atoms with Crippen molar-refractivity contribution in [2.24, 2.45) is 0 Å². The van der Waals surface area contributed by atoms with Gasteiger partial charge in [-0.05, 0) is 62.8 Å². The van der Waals surface area contributed by atoms with Gasteiger partial charge in [0, 0.05) is 5.56 Å². The summed E-state index contributed by atoms with van der Waals surface area (Å²) < 4.78 is 12.3. The molecule has 1 heterocycles. The number of hydrogen-bond acceptors (Lipinski definition) is 3. The quantitative estimate of drug-likeness (QED) is 0.912. The summed E-state index contributed by atoms with van der Waals surface area (Å²) in [6, 6.07) is 10.2. The molecule has 1 aliphatic rings. The van der Waals surface area contributed by atoms with Crippen LogP contribution in [0.1, 0.15) is 41.2 Å². The molecule has 0 fully saturated rings. The van der Waals surface area contributed by atoms with Gasteiger partial charge in [0.25, 0.3) is 0 Å². The number of aliphatic hydroxyl groups is 1. The van der Waals surface area contributed by atoms with E-state index in [-0.39, 0.29) is 6.61 Å². The second-order valence-electron chi connectivity index (χ2n) is 7.00. The second-order valence-corrected chi connectivity index (χ2v) is 7.00. The van der Waals surface area contributed by atoms with Gasteiger partial charge in [0.15, 0.2) is 0 Å². The first-order chi connectivity index (χ1) is 11.4. The molecule has 2 aromatic rings. The van der Waals surface area contributed by atoms with Gasteiger partial charge in [-0.2, -0.15) is 0 Å². The van der Waals surface area contributed by atoms with Gasteiger partial charge in [-0.15, -0.1) is 0 Å². The van der Waals surface area contributed by atoms with Gasteiger partial charge in [-0.25, -0.2) is 0 Å². The smallest absolute Gasteiger partial charge is 0.129 e. The van der Waals surface area contributed by atoms with Crippen LogP contribution in [-0.2, 0) is 13.0 Å². The molecule has 1 atom stereocenters. The Bertz CT molecular complexity index is 737. The molecule has 2 aromatic carbocycles. The molecule has 128 valence electrons. The van der Waals surface area contributed by atoms with Crippen molar-refractivity contribution < 1.29 is 14.6 Å². The van der Waals surface area contributed by atoms with Gasteiger partial charge < -0.3 is 14.6 Å². The Morgan fingerprint density at radius 1 is 1.08 bits per heavy atom. The van der Waals surface area contributed by atoms with Crippen molar-refractivity contribution >= 4 is 0 Å². The van der Waals surface area contributed by atoms with E-state index in [0.29, 0.717) is 6.61 Å². The third-order valence-electron chi connectivity index (χ3n) is 5.12. The fraction of sp³-hybridized carbons (Fsp3) is 0.429. The number of benzene rings is 2. The van der Waals surface area contributed by atoms with Crippen LogP contribution in [0, 0.1) is 20.8 Å². The van der Waals surface area contributed by atoms with Crippen molar-refractivity contribution in [3.05, 3.63) is 58.1 Å². The number of fused-ring (bicyclic) bond motifs is 1. The SMILES string of the molecule is Cc1c(C)c2c(c(C)c1OCc1ccccc1)CC[C@@](C)(CO)O2. The molecular formula is C21H26O3. The number of rotatable bonds is 4. The van der Waals surface area contributed by atoms with E-state index in [1.165, 1.54) is 5.56 Å². The van der Waals surface area contributed by atoms with E-state index in [0.717, 1.165) is 46.6 Å². The summed E-state index contributed by atoms with van der Waals surface area (Å²) in [4.78, 5) is 0. The van der Waals surface area contributed by atoms with Gasteiger partial charge in [0.1, 0.15) is 23.7 Å². The molecule has 0 unspecified atom stereocenters. The zero-order valence-electron chi connectivity index (χ0n) is 15.0. The third kappa shape index (κ3) is 3.01. The molecule has 0 amide bonds. The van der Waals surface area contributed by atoms with E-state index in [1.807, 2.05) is 25.1 Å². The Balaban J connectivity index is 1.94. The Kier molecular flexibility index (Phi) is 4.55. The summed E-state index contributed by atoms with van der Waals surface area (Å²) in [5.41, 5.74) is 5.28. The van der Waals surface area contributed by atoms with Crippen LogP contribution in [0.2, 0.25) is 0 Å². The van der Waals surface area contributed by atoms with E-state index in [1.54, 1.807) is 0 Å². The Morgan fingerprint density at radius 2 is 1.79 bits per heavy atom. The lowest BCUT2D eigenvalue weighted by atomic mass is 9.87. The average Bonchev–Trinajstić information content (AvgIpc) is 2.60. The van der Waals surface area contributed by atoms with E-state index < -0.39 is 5.60 Å². The molecule has 0 radical (unpaired) electrons. The van der Waals surface area contributed by atoms with Crippen molar-refractivity contribution in [1.29, 1.82) is 0 Å². The van der Waals surface area contributed by atoms with Gasteiger partial charge in [0.2, 0.25) is 0 Å². The fourth-order valence-corrected chi connectivity index (χ4v) is 3.34. The Morgan fingerprint density at radius 3 is 2.46 bits per heavy atom. The van der Waals surface area contributed by atoms with E-state index in [4.69, 9.17) is 9.47 Å². The summed E-state index contributed by atoms with van der Waals surface area (Å²) in [5.74, 6) is 1.89. The topological polar surface area (TPSA) is 38.7 Å². The van der Waals surface area contributed by atoms with Crippen LogP contribution in [0.5, 0.6) is 11.5 Å². The van der Waals surface area contributed by atoms with Crippen LogP contribution in [0.25, 0.3) is 0 Å². The summed E-state index contributed by atoms with van der Waals surface area (Å²) >= 11 is 0. The van der Waals surface area contributed by atoms with Crippen LogP contribution in [0.4, 0.5) is 0 Å². The molecule has 3 rings (SSSR count). The highest BCUT2D eigenvalue weighted by Crippen LogP contribution is 2.43. The van der Waals surface area contributed by atoms with Crippen LogP contribution in [0.3, 0.4) is 0 Å². The number of aliphatic hydroxyl groups excluding tert-OH is 1. The molecule has 1 aliphatic heterocycles. The summed E-state index contributed by atoms with van der Waals surface area (Å²) in [7, 11) is 0. The maximum absolute atomic E-state index is 9.62. The van der Waals surface area contributed by atoms with Crippen molar-refractivity contribution in [3.63, 3.8) is 0 Å². The first kappa shape index (κ1) is 16.8. The van der Waals surface area contributed by atoms with Crippen LogP contribution >= 0.6 is 0 Å². The highest BCUT2D eigenvalue weighted by atomic mass is 16.5. The van der Waals surface area contributed by atoms with Crippen molar-refractivity contribution in [2.75, 3.05) is 6.61 Å². The van der Waals surface area contributed by atoms with Gasteiger partial charge in [-0.3, -0.25) is 0 Å². The van der Waals surface area contributed by atoms with E-state index in [9.17, 15) is 5.11 Å². The molecular weight excluding hydrogens is 300 g/mol. The highest BCUT2D eigenvalue weighted by Gasteiger charge is 2.34. The van der Waals surface area contributed by atoms with E-state index >= 15 is 0 Å². The molecule has 3 nitrogen and oxygen atoms in total. The predicted octanol–water partition coefficient (Wildman–Crippen LogP) is 4.27. The molecule has 3 heteroatoms. The highest BCUT2D eigenvalue weighted by molar-refractivity contribution is 5.59. The van der Waals surface area contributed by atoms with E-state index in [2.05, 4.69) is 32.9 Å². The predicted molar refractivity (Wildman–Crippen MR) is 95.9 cm³/mol. The molecule has 1 N–H and O–H groups in total. The van der Waals surface area contributed by atoms with Gasteiger partial charge in [0.05, 0.1) is 6.61 Å². The Hall–Kier alpha value is -2.00. The normalized spacial score (nSPS) is 19.5. The van der Waals surface area contributed by atoms with Crippen molar-refractivity contribution in [1.82, 2.24) is 0 Å². The second kappa shape index (κ2) is 6.48. The zero-order valence-corrected chi connectivity index (χ0v) is 15.0. The van der Waals surface area contributed by atoms with Gasteiger partial charge in [-0.1, -0.05) is 30.3 Å². The lowest BCUT2D eigenvalue weighted by Gasteiger charge is -2.37. The minimum absolute atomic E-state index is 0.0379. The summed E-state index contributed by atoms with van der Waals surface area (Å²) in [5, 5.41) is 9.62. The first-order valence-electron chi connectivity index (χ1n) is 8.54. The first-order valence-corrected chi connectivity index (χ1v) is 8.54. The van der Waals surface area contributed by atoms with Crippen molar-refractivity contribution in [2.45, 2.75) is 52.7 Å². The molecule has 0 aromatic heterocycles. The van der Waals surface area contributed by atoms with Crippen LogP contribution in [-0.4, -0.2) is 17.3 Å². The lowest BCUT2D eigenvalue weighted by molar-refractivity contribution is 0.00716. The summed E-state index contributed by atoms with van der Waals surface area (Å²) in [6.07, 6.45) is 1.72. The van der Waals surface area contributed by atoms with Crippen molar-refractivity contribution in [3.8, 4) is 11.5 Å². The summed E-state index contributed by atoms with van der Waals surface area (Å²) in [6.45, 7) is 8.84. The molecule has 0 saturated carbocycles. The fourth-order valence-electron chi connectivity index (χ4n) is 3.34. The lowest BCUT2D eigenvalue weighted by Crippen LogP contribution is -2.40. The molecule has 0 spiro atoms. The maximum atomic E-state index is 9.62. The third-order valence-corrected chi connectivity index (χ3v) is 5.12. The standard InChI is InChI=1S/C21H26O3/c1-14-15(2)20-18(10-11-21(4,13-22)24-20)16(3)19(14)23-12-17-8-6-5-7-9-17/h5-9,22H,10-13H2,1-4H3/t21-/m0/s1. The minimum atomic E-state index is -0.483. The Labute approximate surface area is 144 Å². The molecule has 24 heavy (non-hydrogen) atoms. The maximum Gasteiger partial charge on any atom is 0.129 e. The molecule has 0 bridgehead atoms. The largest absolute Gasteiger partial charge is 0.488 e.